The highest BCUT2D eigenvalue weighted by Gasteiger charge is 2.17. The molecule has 6 heteroatoms. The molecule has 0 saturated heterocycles. The van der Waals surface area contributed by atoms with Gasteiger partial charge in [-0.1, -0.05) is 11.6 Å². The van der Waals surface area contributed by atoms with Gasteiger partial charge in [0.1, 0.15) is 9.48 Å². The molecule has 0 atom stereocenters. The van der Waals surface area contributed by atoms with Gasteiger partial charge < -0.3 is 5.11 Å². The van der Waals surface area contributed by atoms with Gasteiger partial charge in [0.2, 0.25) is 0 Å². The van der Waals surface area contributed by atoms with E-state index in [1.165, 1.54) is 0 Å². The lowest BCUT2D eigenvalue weighted by Crippen LogP contribution is -1.91. The minimum absolute atomic E-state index is 0.148. The van der Waals surface area contributed by atoms with Crippen LogP contribution >= 0.6 is 38.9 Å². The third kappa shape index (κ3) is 1.41. The lowest BCUT2D eigenvalue weighted by Gasteiger charge is -1.90. The van der Waals surface area contributed by atoms with Gasteiger partial charge in [-0.05, 0) is 22.0 Å². The molecule has 2 aromatic heterocycles. The van der Waals surface area contributed by atoms with E-state index in [1.807, 2.05) is 0 Å². The van der Waals surface area contributed by atoms with Crippen LogP contribution in [0.15, 0.2) is 16.9 Å². The molecule has 0 amide bonds. The fourth-order valence-corrected chi connectivity index (χ4v) is 2.99. The van der Waals surface area contributed by atoms with Crippen molar-refractivity contribution in [2.45, 2.75) is 0 Å². The third-order valence-corrected chi connectivity index (χ3v) is 4.26. The summed E-state index contributed by atoms with van der Waals surface area (Å²) in [4.78, 5) is 14.9. The lowest BCUT2D eigenvalue weighted by atomic mass is 10.3. The monoisotopic (exact) mass is 291 g/mol. The van der Waals surface area contributed by atoms with Crippen molar-refractivity contribution < 1.29 is 9.90 Å². The maximum absolute atomic E-state index is 10.8. The van der Waals surface area contributed by atoms with Crippen LogP contribution in [0.5, 0.6) is 0 Å². The van der Waals surface area contributed by atoms with Crippen molar-refractivity contribution in [1.29, 1.82) is 0 Å². The Hall–Kier alpha value is -0.650. The molecule has 2 heterocycles. The fraction of sp³-hybridized carbons (Fsp3) is 0. The van der Waals surface area contributed by atoms with Crippen molar-refractivity contribution in [1.82, 2.24) is 4.98 Å². The first-order valence-corrected chi connectivity index (χ1v) is 5.56. The van der Waals surface area contributed by atoms with Crippen LogP contribution in [0.3, 0.4) is 0 Å². The molecular weight excluding hydrogens is 290 g/mol. The minimum Gasteiger partial charge on any atom is -0.477 e. The first kappa shape index (κ1) is 9.89. The molecule has 0 bridgehead atoms. The largest absolute Gasteiger partial charge is 0.477 e. The predicted molar refractivity (Wildman–Crippen MR) is 59.3 cm³/mol. The number of nitrogens with zero attached hydrogens (tertiary/aromatic N) is 1. The van der Waals surface area contributed by atoms with Crippen LogP contribution in [0, 0.1) is 0 Å². The molecule has 0 aliphatic rings. The molecule has 0 aliphatic heterocycles. The molecule has 0 aliphatic carbocycles. The van der Waals surface area contributed by atoms with Crippen molar-refractivity contribution >= 4 is 54.9 Å². The summed E-state index contributed by atoms with van der Waals surface area (Å²) in [6, 6.07) is 1.70. The average molecular weight is 293 g/mol. The number of carbonyl (C=O) groups is 1. The van der Waals surface area contributed by atoms with E-state index in [4.69, 9.17) is 16.7 Å². The van der Waals surface area contributed by atoms with Crippen LogP contribution in [-0.4, -0.2) is 16.1 Å². The van der Waals surface area contributed by atoms with Crippen LogP contribution in [0.4, 0.5) is 0 Å². The second-order valence-corrected chi connectivity index (χ2v) is 4.68. The van der Waals surface area contributed by atoms with Crippen molar-refractivity contribution in [2.24, 2.45) is 0 Å². The van der Waals surface area contributed by atoms with Crippen LogP contribution in [0.25, 0.3) is 10.1 Å². The molecule has 0 radical (unpaired) electrons. The number of thiophene rings is 1. The fourth-order valence-electron chi connectivity index (χ4n) is 1.10. The Morgan fingerprint density at radius 3 is 2.93 bits per heavy atom. The maximum Gasteiger partial charge on any atom is 0.347 e. The molecule has 1 N–H and O–H groups in total. The van der Waals surface area contributed by atoms with Crippen molar-refractivity contribution in [3.05, 3.63) is 26.8 Å². The van der Waals surface area contributed by atoms with Gasteiger partial charge >= 0.3 is 5.97 Å². The molecule has 0 fully saturated rings. The van der Waals surface area contributed by atoms with E-state index in [9.17, 15) is 4.79 Å². The Morgan fingerprint density at radius 1 is 1.64 bits per heavy atom. The van der Waals surface area contributed by atoms with Crippen molar-refractivity contribution in [3.63, 3.8) is 0 Å². The third-order valence-electron chi connectivity index (χ3n) is 1.70. The van der Waals surface area contributed by atoms with E-state index in [0.29, 0.717) is 4.60 Å². The molecule has 14 heavy (non-hydrogen) atoms. The number of hydrogen-bond donors (Lipinski definition) is 1. The number of pyridine rings is 1. The Bertz CT molecular complexity index is 525. The molecule has 72 valence electrons. The predicted octanol–water partition coefficient (Wildman–Crippen LogP) is 3.41. The zero-order chi connectivity index (χ0) is 10.3. The van der Waals surface area contributed by atoms with Gasteiger partial charge in [0.15, 0.2) is 0 Å². The topological polar surface area (TPSA) is 50.2 Å². The van der Waals surface area contributed by atoms with E-state index >= 15 is 0 Å². The molecule has 0 aromatic carbocycles. The summed E-state index contributed by atoms with van der Waals surface area (Å²) < 4.78 is 1.38. The minimum atomic E-state index is -1.01. The highest BCUT2D eigenvalue weighted by atomic mass is 79.9. The number of carboxylic acids is 1. The van der Waals surface area contributed by atoms with E-state index in [-0.39, 0.29) is 9.90 Å². The highest BCUT2D eigenvalue weighted by molar-refractivity contribution is 9.10. The summed E-state index contributed by atoms with van der Waals surface area (Å²) in [5.74, 6) is -1.01. The summed E-state index contributed by atoms with van der Waals surface area (Å²) >= 11 is 10.3. The van der Waals surface area contributed by atoms with Gasteiger partial charge in [0, 0.05) is 11.6 Å². The van der Waals surface area contributed by atoms with Gasteiger partial charge in [-0.15, -0.1) is 11.3 Å². The summed E-state index contributed by atoms with van der Waals surface area (Å²) in [6.45, 7) is 0. The Kier molecular flexibility index (Phi) is 2.47. The second-order valence-electron chi connectivity index (χ2n) is 2.53. The van der Waals surface area contributed by atoms with Crippen molar-refractivity contribution in [2.75, 3.05) is 0 Å². The highest BCUT2D eigenvalue weighted by Crippen LogP contribution is 2.37. The Balaban J connectivity index is 2.86. The van der Waals surface area contributed by atoms with Crippen LogP contribution in [0.2, 0.25) is 5.02 Å². The number of halogens is 2. The quantitative estimate of drug-likeness (QED) is 0.819. The summed E-state index contributed by atoms with van der Waals surface area (Å²) in [7, 11) is 0. The SMILES string of the molecule is O=C(O)c1sc2c(Br)nccc2c1Cl. The lowest BCUT2D eigenvalue weighted by molar-refractivity contribution is 0.0702. The molecule has 2 aromatic rings. The first-order valence-electron chi connectivity index (χ1n) is 3.57. The zero-order valence-corrected chi connectivity index (χ0v) is 9.78. The Morgan fingerprint density at radius 2 is 2.36 bits per heavy atom. The molecule has 3 nitrogen and oxygen atoms in total. The van der Waals surface area contributed by atoms with Gasteiger partial charge in [0.25, 0.3) is 0 Å². The smallest absolute Gasteiger partial charge is 0.347 e. The van der Waals surface area contributed by atoms with Crippen molar-refractivity contribution in [3.8, 4) is 0 Å². The van der Waals surface area contributed by atoms with E-state index in [0.717, 1.165) is 21.4 Å². The summed E-state index contributed by atoms with van der Waals surface area (Å²) in [6.07, 6.45) is 1.58. The number of aromatic carboxylic acids is 1. The number of carboxylic acid groups (broad SMARTS) is 1. The number of fused-ring (bicyclic) bond motifs is 1. The maximum atomic E-state index is 10.8. The van der Waals surface area contributed by atoms with E-state index in [1.54, 1.807) is 12.3 Å². The summed E-state index contributed by atoms with van der Waals surface area (Å²) in [5.41, 5.74) is 0. The number of rotatable bonds is 1. The Labute approximate surface area is 96.5 Å². The molecule has 0 unspecified atom stereocenters. The second kappa shape index (κ2) is 3.49. The number of hydrogen-bond acceptors (Lipinski definition) is 3. The molecule has 0 saturated carbocycles. The normalized spacial score (nSPS) is 10.7. The number of aromatic nitrogens is 1. The molecule has 2 rings (SSSR count). The standard InChI is InChI=1S/C8H3BrClNO2S/c9-7-5-3(1-2-11-7)4(10)6(14-5)8(12)13/h1-2H,(H,12,13). The first-order chi connectivity index (χ1) is 6.61. The van der Waals surface area contributed by atoms with Crippen LogP contribution in [0.1, 0.15) is 9.67 Å². The molecule has 0 spiro atoms. The van der Waals surface area contributed by atoms with Crippen LogP contribution < -0.4 is 0 Å². The van der Waals surface area contributed by atoms with E-state index in [2.05, 4.69) is 20.9 Å². The van der Waals surface area contributed by atoms with E-state index < -0.39 is 5.97 Å². The average Bonchev–Trinajstić information content (AvgIpc) is 2.46. The van der Waals surface area contributed by atoms with Gasteiger partial charge in [-0.25, -0.2) is 9.78 Å². The van der Waals surface area contributed by atoms with Gasteiger partial charge in [-0.3, -0.25) is 0 Å². The van der Waals surface area contributed by atoms with Gasteiger partial charge in [-0.2, -0.15) is 0 Å². The zero-order valence-electron chi connectivity index (χ0n) is 6.62. The van der Waals surface area contributed by atoms with Crippen LogP contribution in [-0.2, 0) is 0 Å². The summed E-state index contributed by atoms with van der Waals surface area (Å²) in [5, 5.41) is 9.84. The van der Waals surface area contributed by atoms with Gasteiger partial charge in [0.05, 0.1) is 9.72 Å². The molecular formula is C8H3BrClNO2S.